The fourth-order valence-corrected chi connectivity index (χ4v) is 7.62. The zero-order valence-electron chi connectivity index (χ0n) is 12.7. The molecule has 0 N–H and O–H groups in total. The summed E-state index contributed by atoms with van der Waals surface area (Å²) in [5.74, 6) is 0. The maximum Gasteiger partial charge on any atom is 0.127 e. The van der Waals surface area contributed by atoms with Crippen molar-refractivity contribution in [1.82, 2.24) is 0 Å². The zero-order chi connectivity index (χ0) is 16.7. The molecule has 0 radical (unpaired) electrons. The maximum absolute atomic E-state index is 5.03. The molecule has 2 nitrogen and oxygen atoms in total. The highest BCUT2D eigenvalue weighted by atomic mass is 32.8. The van der Waals surface area contributed by atoms with E-state index in [9.17, 15) is 0 Å². The highest BCUT2D eigenvalue weighted by molar-refractivity contribution is 8.17. The van der Waals surface area contributed by atoms with Crippen LogP contribution in [0.15, 0.2) is 98.9 Å². The summed E-state index contributed by atoms with van der Waals surface area (Å²) in [5.41, 5.74) is 0. The second-order valence-electron chi connectivity index (χ2n) is 4.95. The van der Waals surface area contributed by atoms with Crippen LogP contribution < -0.4 is 15.9 Å². The van der Waals surface area contributed by atoms with Crippen molar-refractivity contribution in [2.24, 2.45) is 7.92 Å². The fraction of sp³-hybridized carbons (Fsp3) is 0. The van der Waals surface area contributed by atoms with Crippen LogP contribution in [-0.2, 0) is 21.3 Å². The van der Waals surface area contributed by atoms with E-state index in [2.05, 4.69) is 76.6 Å². The smallest absolute Gasteiger partial charge is 0.127 e. The fourth-order valence-electron chi connectivity index (χ4n) is 2.60. The molecule has 0 saturated carbocycles. The Kier molecular flexibility index (Phi) is 6.16. The standard InChI is InChI=1S/C18H15N2PS3/c22-24-20-23-19-21(16-10-4-1-5-11-16,17-12-6-2-7-13-17)18-14-8-3-9-15-18/h1-15H. The van der Waals surface area contributed by atoms with E-state index in [1.165, 1.54) is 28.0 Å². The first-order valence-electron chi connectivity index (χ1n) is 7.32. The zero-order valence-corrected chi connectivity index (χ0v) is 16.1. The largest absolute Gasteiger partial charge is 0.199 e. The van der Waals surface area contributed by atoms with Gasteiger partial charge in [0.1, 0.15) is 12.1 Å². The molecule has 0 saturated heterocycles. The monoisotopic (exact) mass is 386 g/mol. The van der Waals surface area contributed by atoms with Crippen LogP contribution in [0, 0.1) is 0 Å². The van der Waals surface area contributed by atoms with Crippen LogP contribution in [0.3, 0.4) is 0 Å². The minimum absolute atomic E-state index is 1.02. The molecule has 0 unspecified atom stereocenters. The Morgan fingerprint density at radius 2 is 1.00 bits per heavy atom. The lowest BCUT2D eigenvalue weighted by atomic mass is 10.4. The van der Waals surface area contributed by atoms with Gasteiger partial charge in [0, 0.05) is 37.2 Å². The van der Waals surface area contributed by atoms with E-state index in [1.807, 2.05) is 18.2 Å². The molecule has 120 valence electrons. The quantitative estimate of drug-likeness (QED) is 0.478. The molecule has 3 aromatic rings. The van der Waals surface area contributed by atoms with Crippen molar-refractivity contribution in [3.05, 3.63) is 91.0 Å². The molecule has 0 bridgehead atoms. The first-order chi connectivity index (χ1) is 11.9. The van der Waals surface area contributed by atoms with Crippen molar-refractivity contribution < 1.29 is 0 Å². The van der Waals surface area contributed by atoms with Gasteiger partial charge in [-0.2, -0.15) is 4.15 Å². The molecule has 0 spiro atoms. The second-order valence-corrected chi connectivity index (χ2v) is 9.78. The first kappa shape index (κ1) is 17.3. The number of benzene rings is 3. The van der Waals surface area contributed by atoms with Crippen molar-refractivity contribution in [3.63, 3.8) is 0 Å². The topological polar surface area (TPSA) is 24.7 Å². The van der Waals surface area contributed by atoms with E-state index < -0.39 is 7.05 Å². The summed E-state index contributed by atoms with van der Waals surface area (Å²) in [5, 5.41) is 3.62. The van der Waals surface area contributed by atoms with Crippen LogP contribution in [0.1, 0.15) is 0 Å². The minimum Gasteiger partial charge on any atom is -0.199 e. The third-order valence-electron chi connectivity index (χ3n) is 3.61. The summed E-state index contributed by atoms with van der Waals surface area (Å²) in [6, 6.07) is 31.4. The Balaban J connectivity index is 2.37. The highest BCUT2D eigenvalue weighted by Crippen LogP contribution is 2.48. The molecule has 0 fully saturated rings. The first-order valence-corrected chi connectivity index (χ1v) is 11.5. The molecule has 0 aliphatic heterocycles. The van der Waals surface area contributed by atoms with Gasteiger partial charge < -0.3 is 0 Å². The van der Waals surface area contributed by atoms with Crippen molar-refractivity contribution >= 4 is 56.4 Å². The molecule has 0 aliphatic rings. The van der Waals surface area contributed by atoms with E-state index in [-0.39, 0.29) is 0 Å². The van der Waals surface area contributed by atoms with Gasteiger partial charge in [-0.25, -0.2) is 0 Å². The van der Waals surface area contributed by atoms with Crippen LogP contribution in [0.2, 0.25) is 0 Å². The van der Waals surface area contributed by atoms with E-state index in [4.69, 9.17) is 15.3 Å². The number of hydrogen-bond acceptors (Lipinski definition) is 4. The molecule has 0 aromatic heterocycles. The van der Waals surface area contributed by atoms with E-state index in [0.29, 0.717) is 0 Å². The lowest BCUT2D eigenvalue weighted by Crippen LogP contribution is -2.24. The van der Waals surface area contributed by atoms with Crippen LogP contribution in [0.4, 0.5) is 0 Å². The molecule has 24 heavy (non-hydrogen) atoms. The van der Waals surface area contributed by atoms with Crippen LogP contribution in [0.5, 0.6) is 0 Å². The average molecular weight is 387 g/mol. The molecule has 0 amide bonds. The highest BCUT2D eigenvalue weighted by Gasteiger charge is 2.27. The average Bonchev–Trinajstić information content (AvgIpc) is 2.68. The van der Waals surface area contributed by atoms with Crippen LogP contribution in [-0.4, -0.2) is 0 Å². The van der Waals surface area contributed by atoms with E-state index in [0.717, 1.165) is 10.1 Å². The Labute approximate surface area is 155 Å². The Morgan fingerprint density at radius 3 is 1.33 bits per heavy atom. The maximum atomic E-state index is 5.03. The molecule has 0 aliphatic carbocycles. The third-order valence-corrected chi connectivity index (χ3v) is 9.08. The minimum atomic E-state index is -2.15. The second kappa shape index (κ2) is 8.54. The van der Waals surface area contributed by atoms with E-state index in [1.54, 1.807) is 0 Å². The van der Waals surface area contributed by atoms with Gasteiger partial charge >= 0.3 is 0 Å². The molecular formula is C18H15N2PS3. The van der Waals surface area contributed by atoms with Gasteiger partial charge in [0.15, 0.2) is 0 Å². The summed E-state index contributed by atoms with van der Waals surface area (Å²) >= 11 is 6.07. The number of hydrogen-bond donors (Lipinski definition) is 0. The Morgan fingerprint density at radius 1 is 0.625 bits per heavy atom. The normalized spacial score (nSPS) is 10.8. The predicted molar refractivity (Wildman–Crippen MR) is 112 cm³/mol. The Bertz CT molecular complexity index is 790. The lowest BCUT2D eigenvalue weighted by molar-refractivity contribution is 1.71. The molecule has 6 heteroatoms. The van der Waals surface area contributed by atoms with Gasteiger partial charge in [0.2, 0.25) is 0 Å². The summed E-state index contributed by atoms with van der Waals surface area (Å²) in [6.45, 7) is 0. The van der Waals surface area contributed by atoms with E-state index >= 15 is 0 Å². The third kappa shape index (κ3) is 3.60. The summed E-state index contributed by atoms with van der Waals surface area (Å²) in [7, 11) is -1.13. The van der Waals surface area contributed by atoms with Crippen molar-refractivity contribution in [2.45, 2.75) is 0 Å². The summed E-state index contributed by atoms with van der Waals surface area (Å²) < 4.78 is 9.17. The summed E-state index contributed by atoms with van der Waals surface area (Å²) in [4.78, 5) is 0. The van der Waals surface area contributed by atoms with Crippen LogP contribution >= 0.6 is 19.2 Å². The van der Waals surface area contributed by atoms with Gasteiger partial charge in [0.05, 0.1) is 7.05 Å². The van der Waals surface area contributed by atoms with Gasteiger partial charge in [-0.15, -0.1) is 3.77 Å². The number of nitrogens with zero attached hydrogens (tertiary/aromatic N) is 2. The molecular weight excluding hydrogens is 371 g/mol. The van der Waals surface area contributed by atoms with Gasteiger partial charge in [0.25, 0.3) is 0 Å². The molecule has 3 aromatic carbocycles. The van der Waals surface area contributed by atoms with Gasteiger partial charge in [-0.3, -0.25) is 0 Å². The van der Waals surface area contributed by atoms with Gasteiger partial charge in [-0.1, -0.05) is 91.0 Å². The SMILES string of the molecule is S=S=NSN=P(c1ccccc1)(c1ccccc1)c1ccccc1. The lowest BCUT2D eigenvalue weighted by Gasteiger charge is -2.25. The van der Waals surface area contributed by atoms with Crippen molar-refractivity contribution in [2.75, 3.05) is 0 Å². The predicted octanol–water partition coefficient (Wildman–Crippen LogP) is 4.46. The van der Waals surface area contributed by atoms with Crippen LogP contribution in [0.25, 0.3) is 0 Å². The molecule has 3 rings (SSSR count). The summed E-state index contributed by atoms with van der Waals surface area (Å²) in [6.07, 6.45) is 0. The number of rotatable bonds is 5. The molecule has 0 atom stereocenters. The van der Waals surface area contributed by atoms with Crippen molar-refractivity contribution in [1.29, 1.82) is 0 Å². The van der Waals surface area contributed by atoms with Crippen molar-refractivity contribution in [3.8, 4) is 0 Å². The Hall–Kier alpha value is -1.52. The van der Waals surface area contributed by atoms with Gasteiger partial charge in [-0.05, 0) is 0 Å². The molecule has 0 heterocycles.